The Morgan fingerprint density at radius 3 is 2.84 bits per heavy atom. The number of thiophene rings is 1. The smallest absolute Gasteiger partial charge is 0.220 e. The van der Waals surface area contributed by atoms with Crippen molar-refractivity contribution in [2.24, 2.45) is 0 Å². The highest BCUT2D eigenvalue weighted by molar-refractivity contribution is 7.17. The molecule has 1 atom stereocenters. The lowest BCUT2D eigenvalue weighted by Gasteiger charge is -2.12. The fourth-order valence-electron chi connectivity index (χ4n) is 2.87. The van der Waals surface area contributed by atoms with E-state index in [-0.39, 0.29) is 17.8 Å². The van der Waals surface area contributed by atoms with E-state index in [1.165, 1.54) is 11.3 Å². The summed E-state index contributed by atoms with van der Waals surface area (Å²) in [7, 11) is 0. The van der Waals surface area contributed by atoms with Crippen LogP contribution in [0.1, 0.15) is 41.9 Å². The first kappa shape index (κ1) is 18.0. The second kappa shape index (κ2) is 7.58. The number of fused-ring (bicyclic) bond motifs is 1. The third-order valence-corrected chi connectivity index (χ3v) is 5.61. The van der Waals surface area contributed by atoms with Crippen molar-refractivity contribution >= 4 is 34.6 Å². The van der Waals surface area contributed by atoms with Crippen LogP contribution in [0.2, 0.25) is 5.02 Å². The molecule has 6 heteroatoms. The number of ketones is 1. The number of benzene rings is 1. The topological polar surface area (TPSA) is 55.4 Å². The van der Waals surface area contributed by atoms with Crippen LogP contribution in [-0.4, -0.2) is 24.3 Å². The highest BCUT2D eigenvalue weighted by atomic mass is 35.5. The van der Waals surface area contributed by atoms with Gasteiger partial charge in [0.2, 0.25) is 5.91 Å². The first-order valence-corrected chi connectivity index (χ1v) is 9.54. The molecule has 4 nitrogen and oxygen atoms in total. The average molecular weight is 378 g/mol. The second-order valence-electron chi connectivity index (χ2n) is 6.16. The van der Waals surface area contributed by atoms with E-state index in [0.29, 0.717) is 30.2 Å². The summed E-state index contributed by atoms with van der Waals surface area (Å²) in [5, 5.41) is 3.46. The highest BCUT2D eigenvalue weighted by Crippen LogP contribution is 2.41. The molecule has 132 valence electrons. The molecule has 1 aromatic carbocycles. The normalized spacial score (nSPS) is 15.6. The Hall–Kier alpha value is -1.85. The van der Waals surface area contributed by atoms with E-state index in [9.17, 15) is 9.59 Å². The van der Waals surface area contributed by atoms with Crippen molar-refractivity contribution in [3.8, 4) is 16.2 Å². The SMILES string of the molecule is CCCC(=O)NC[C@H]1Cc2cc(-c3ccc(C(C)=O)s3)cc(Cl)c2O1. The maximum absolute atomic E-state index is 11.6. The highest BCUT2D eigenvalue weighted by Gasteiger charge is 2.26. The molecule has 0 saturated carbocycles. The molecule has 0 spiro atoms. The summed E-state index contributed by atoms with van der Waals surface area (Å²) in [5.41, 5.74) is 2.02. The zero-order chi connectivity index (χ0) is 18.0. The van der Waals surface area contributed by atoms with E-state index in [1.807, 2.05) is 25.1 Å². The Kier molecular flexibility index (Phi) is 5.45. The minimum absolute atomic E-state index is 0.0455. The van der Waals surface area contributed by atoms with Gasteiger partial charge in [0.25, 0.3) is 0 Å². The van der Waals surface area contributed by atoms with E-state index in [0.717, 1.165) is 27.3 Å². The number of rotatable bonds is 6. The van der Waals surface area contributed by atoms with Crippen LogP contribution >= 0.6 is 22.9 Å². The van der Waals surface area contributed by atoms with Crippen molar-refractivity contribution in [2.75, 3.05) is 6.54 Å². The van der Waals surface area contributed by atoms with Gasteiger partial charge in [0.15, 0.2) is 5.78 Å². The molecule has 2 heterocycles. The quantitative estimate of drug-likeness (QED) is 0.754. The monoisotopic (exact) mass is 377 g/mol. The predicted molar refractivity (Wildman–Crippen MR) is 101 cm³/mol. The van der Waals surface area contributed by atoms with Crippen LogP contribution in [-0.2, 0) is 11.2 Å². The summed E-state index contributed by atoms with van der Waals surface area (Å²) >= 11 is 7.86. The van der Waals surface area contributed by atoms with E-state index in [2.05, 4.69) is 11.4 Å². The van der Waals surface area contributed by atoms with Crippen molar-refractivity contribution in [3.05, 3.63) is 39.7 Å². The number of carbonyl (C=O) groups is 2. The van der Waals surface area contributed by atoms with Crippen LogP contribution in [0.4, 0.5) is 0 Å². The Morgan fingerprint density at radius 1 is 1.36 bits per heavy atom. The van der Waals surface area contributed by atoms with Gasteiger partial charge in [0.1, 0.15) is 11.9 Å². The van der Waals surface area contributed by atoms with Crippen molar-refractivity contribution in [1.29, 1.82) is 0 Å². The number of hydrogen-bond acceptors (Lipinski definition) is 4. The fourth-order valence-corrected chi connectivity index (χ4v) is 4.04. The van der Waals surface area contributed by atoms with Crippen molar-refractivity contribution in [3.63, 3.8) is 0 Å². The molecule has 0 fully saturated rings. The Morgan fingerprint density at radius 2 is 2.16 bits per heavy atom. The third kappa shape index (κ3) is 4.05. The molecule has 0 unspecified atom stereocenters. The van der Waals surface area contributed by atoms with E-state index in [4.69, 9.17) is 16.3 Å². The largest absolute Gasteiger partial charge is 0.486 e. The zero-order valence-electron chi connectivity index (χ0n) is 14.2. The molecule has 1 amide bonds. The van der Waals surface area contributed by atoms with Crippen molar-refractivity contribution in [1.82, 2.24) is 5.32 Å². The molecule has 0 saturated heterocycles. The number of nitrogens with one attached hydrogen (secondary N) is 1. The summed E-state index contributed by atoms with van der Waals surface area (Å²) in [4.78, 5) is 24.9. The summed E-state index contributed by atoms with van der Waals surface area (Å²) < 4.78 is 5.90. The lowest BCUT2D eigenvalue weighted by Crippen LogP contribution is -2.34. The summed E-state index contributed by atoms with van der Waals surface area (Å²) in [6.45, 7) is 4.02. The van der Waals surface area contributed by atoms with Gasteiger partial charge in [-0.3, -0.25) is 9.59 Å². The Bertz CT molecular complexity index is 815. The van der Waals surface area contributed by atoms with Crippen LogP contribution in [0, 0.1) is 0 Å². The number of halogens is 1. The standard InChI is InChI=1S/C19H20ClNO3S/c1-3-4-18(23)21-10-14-8-13-7-12(9-15(20)19(13)24-14)17-6-5-16(25-17)11(2)22/h5-7,9,14H,3-4,8,10H2,1-2H3,(H,21,23)/t14-/m1/s1. The third-order valence-electron chi connectivity index (χ3n) is 4.09. The first-order chi connectivity index (χ1) is 12.0. The van der Waals surface area contributed by atoms with Gasteiger partial charge < -0.3 is 10.1 Å². The number of carbonyl (C=O) groups excluding carboxylic acids is 2. The molecule has 1 aromatic heterocycles. The maximum atomic E-state index is 11.6. The van der Waals surface area contributed by atoms with Crippen molar-refractivity contribution < 1.29 is 14.3 Å². The summed E-state index contributed by atoms with van der Waals surface area (Å²) in [6, 6.07) is 7.71. The van der Waals surface area contributed by atoms with Gasteiger partial charge >= 0.3 is 0 Å². The van der Waals surface area contributed by atoms with Crippen LogP contribution in [0.3, 0.4) is 0 Å². The van der Waals surface area contributed by atoms with Gasteiger partial charge in [-0.15, -0.1) is 11.3 Å². The minimum Gasteiger partial charge on any atom is -0.486 e. The molecular weight excluding hydrogens is 358 g/mol. The minimum atomic E-state index is -0.0975. The summed E-state index contributed by atoms with van der Waals surface area (Å²) in [5.74, 6) is 0.808. The first-order valence-electron chi connectivity index (χ1n) is 8.34. The maximum Gasteiger partial charge on any atom is 0.220 e. The molecule has 1 aliphatic heterocycles. The number of ether oxygens (including phenoxy) is 1. The second-order valence-corrected chi connectivity index (χ2v) is 7.66. The lowest BCUT2D eigenvalue weighted by atomic mass is 10.1. The van der Waals surface area contributed by atoms with Crippen LogP contribution in [0.5, 0.6) is 5.75 Å². The number of hydrogen-bond donors (Lipinski definition) is 1. The molecule has 3 rings (SSSR count). The fraction of sp³-hybridized carbons (Fsp3) is 0.368. The molecule has 0 bridgehead atoms. The molecule has 25 heavy (non-hydrogen) atoms. The van der Waals surface area contributed by atoms with Crippen molar-refractivity contribution in [2.45, 2.75) is 39.2 Å². The van der Waals surface area contributed by atoms with Crippen LogP contribution in [0.25, 0.3) is 10.4 Å². The van der Waals surface area contributed by atoms with E-state index < -0.39 is 0 Å². The lowest BCUT2D eigenvalue weighted by molar-refractivity contribution is -0.121. The van der Waals surface area contributed by atoms with E-state index in [1.54, 1.807) is 6.92 Å². The zero-order valence-corrected chi connectivity index (χ0v) is 15.8. The van der Waals surface area contributed by atoms with Gasteiger partial charge in [-0.2, -0.15) is 0 Å². The molecule has 1 N–H and O–H groups in total. The molecule has 0 radical (unpaired) electrons. The molecule has 0 aliphatic carbocycles. The molecule has 2 aromatic rings. The Labute approximate surface area is 156 Å². The van der Waals surface area contributed by atoms with Gasteiger partial charge in [-0.05, 0) is 43.2 Å². The van der Waals surface area contributed by atoms with Gasteiger partial charge in [0, 0.05) is 23.3 Å². The van der Waals surface area contributed by atoms with Gasteiger partial charge in [-0.1, -0.05) is 18.5 Å². The van der Waals surface area contributed by atoms with Gasteiger partial charge in [-0.25, -0.2) is 0 Å². The van der Waals surface area contributed by atoms with E-state index >= 15 is 0 Å². The summed E-state index contributed by atoms with van der Waals surface area (Å²) in [6.07, 6.45) is 1.97. The predicted octanol–water partition coefficient (Wildman–Crippen LogP) is 4.49. The number of amides is 1. The van der Waals surface area contributed by atoms with Crippen LogP contribution in [0.15, 0.2) is 24.3 Å². The van der Waals surface area contributed by atoms with Gasteiger partial charge in [0.05, 0.1) is 16.4 Å². The number of Topliss-reactive ketones (excluding diaryl/α,β-unsaturated/α-hetero) is 1. The Balaban J connectivity index is 1.74. The molecular formula is C19H20ClNO3S. The average Bonchev–Trinajstić information content (AvgIpc) is 3.20. The van der Waals surface area contributed by atoms with Crippen LogP contribution < -0.4 is 10.1 Å². The molecule has 1 aliphatic rings.